The number of rotatable bonds is 4. The van der Waals surface area contributed by atoms with E-state index in [1.807, 2.05) is 26.0 Å². The molecule has 0 radical (unpaired) electrons. The third-order valence-electron chi connectivity index (χ3n) is 4.91. The predicted octanol–water partition coefficient (Wildman–Crippen LogP) is 2.75. The van der Waals surface area contributed by atoms with Crippen molar-refractivity contribution in [2.45, 2.75) is 40.2 Å². The number of anilines is 1. The summed E-state index contributed by atoms with van der Waals surface area (Å²) in [4.78, 5) is 52.8. The first kappa shape index (κ1) is 20.5. The van der Waals surface area contributed by atoms with Crippen LogP contribution in [0.15, 0.2) is 27.8 Å². The fraction of sp³-hybridized carbons (Fsp3) is 0.300. The topological polar surface area (TPSA) is 121 Å². The van der Waals surface area contributed by atoms with Crippen LogP contribution in [0.2, 0.25) is 0 Å². The molecule has 0 spiro atoms. The van der Waals surface area contributed by atoms with Crippen molar-refractivity contribution in [1.82, 2.24) is 9.55 Å². The molecule has 0 aliphatic heterocycles. The van der Waals surface area contributed by atoms with Crippen LogP contribution in [-0.2, 0) is 10.3 Å². The molecule has 1 aromatic carbocycles. The number of carboxylic acid groups (broad SMARTS) is 1. The number of hydrogen-bond donors (Lipinski definition) is 3. The quantitative estimate of drug-likeness (QED) is 0.605. The maximum absolute atomic E-state index is 13.0. The normalized spacial score (nSPS) is 11.6. The van der Waals surface area contributed by atoms with Crippen LogP contribution in [0.4, 0.5) is 5.69 Å². The number of H-pyrrole nitrogens is 1. The highest BCUT2D eigenvalue weighted by Gasteiger charge is 2.34. The summed E-state index contributed by atoms with van der Waals surface area (Å²) in [5.41, 5.74) is -0.310. The van der Waals surface area contributed by atoms with Gasteiger partial charge in [0.25, 0.3) is 11.5 Å². The van der Waals surface area contributed by atoms with Crippen molar-refractivity contribution in [3.05, 3.63) is 60.6 Å². The number of carboxylic acids is 1. The number of benzene rings is 1. The van der Waals surface area contributed by atoms with Crippen molar-refractivity contribution in [2.24, 2.45) is 0 Å². The van der Waals surface area contributed by atoms with Gasteiger partial charge >= 0.3 is 11.7 Å². The smallest absolute Gasteiger partial charge is 0.330 e. The number of thiophene rings is 1. The van der Waals surface area contributed by atoms with Crippen LogP contribution in [0.1, 0.15) is 40.2 Å². The maximum atomic E-state index is 13.0. The average molecular weight is 415 g/mol. The van der Waals surface area contributed by atoms with Gasteiger partial charge in [-0.05, 0) is 51.8 Å². The van der Waals surface area contributed by atoms with E-state index >= 15 is 0 Å². The highest BCUT2D eigenvalue weighted by Crippen LogP contribution is 2.28. The number of hydrogen-bond acceptors (Lipinski definition) is 5. The van der Waals surface area contributed by atoms with Gasteiger partial charge in [0.2, 0.25) is 0 Å². The lowest BCUT2D eigenvalue weighted by atomic mass is 10.1. The number of amides is 1. The van der Waals surface area contributed by atoms with Crippen LogP contribution in [0, 0.1) is 20.8 Å². The van der Waals surface area contributed by atoms with Crippen molar-refractivity contribution >= 4 is 39.1 Å². The predicted molar refractivity (Wildman–Crippen MR) is 112 cm³/mol. The van der Waals surface area contributed by atoms with Crippen LogP contribution in [0.25, 0.3) is 10.2 Å². The first-order valence-corrected chi connectivity index (χ1v) is 9.67. The minimum Gasteiger partial charge on any atom is -0.480 e. The molecule has 0 aliphatic carbocycles. The summed E-state index contributed by atoms with van der Waals surface area (Å²) >= 11 is 0.988. The Morgan fingerprint density at radius 3 is 2.41 bits per heavy atom. The summed E-state index contributed by atoms with van der Waals surface area (Å²) in [5, 5.41) is 12.4. The molecule has 0 atom stereocenters. The first-order valence-electron chi connectivity index (χ1n) is 8.86. The molecule has 3 N–H and O–H groups in total. The number of carbonyl (C=O) groups is 2. The van der Waals surface area contributed by atoms with Gasteiger partial charge in [-0.15, -0.1) is 11.3 Å². The van der Waals surface area contributed by atoms with Crippen molar-refractivity contribution in [1.29, 1.82) is 0 Å². The highest BCUT2D eigenvalue weighted by atomic mass is 32.1. The summed E-state index contributed by atoms with van der Waals surface area (Å²) in [6.45, 7) is 7.98. The Hall–Kier alpha value is -3.20. The van der Waals surface area contributed by atoms with E-state index in [1.54, 1.807) is 13.0 Å². The summed E-state index contributed by atoms with van der Waals surface area (Å²) in [5.74, 6) is -1.72. The van der Waals surface area contributed by atoms with E-state index in [9.17, 15) is 24.3 Å². The largest absolute Gasteiger partial charge is 0.480 e. The minimum absolute atomic E-state index is 0.134. The van der Waals surface area contributed by atoms with Gasteiger partial charge in [0.05, 0.1) is 10.3 Å². The van der Waals surface area contributed by atoms with Gasteiger partial charge in [0.15, 0.2) is 0 Å². The van der Waals surface area contributed by atoms with Crippen molar-refractivity contribution < 1.29 is 14.7 Å². The van der Waals surface area contributed by atoms with Gasteiger partial charge in [-0.25, -0.2) is 14.2 Å². The third kappa shape index (κ3) is 3.38. The minimum atomic E-state index is -1.74. The van der Waals surface area contributed by atoms with Crippen molar-refractivity contribution in [2.75, 3.05) is 5.32 Å². The molecular formula is C20H21N3O5S. The molecule has 2 heterocycles. The SMILES string of the molecule is Cc1ccc(NC(=O)c2sc3[nH]c(=O)n(C(C)(C)C(=O)O)c(=O)c3c2C)c(C)c1. The van der Waals surface area contributed by atoms with Gasteiger partial charge in [0.1, 0.15) is 10.4 Å². The molecule has 0 unspecified atom stereocenters. The average Bonchev–Trinajstić information content (AvgIpc) is 2.93. The number of nitrogens with one attached hydrogen (secondary N) is 2. The molecule has 152 valence electrons. The molecule has 29 heavy (non-hydrogen) atoms. The van der Waals surface area contributed by atoms with Gasteiger partial charge in [-0.1, -0.05) is 17.7 Å². The Balaban J connectivity index is 2.14. The molecule has 0 bridgehead atoms. The second-order valence-corrected chi connectivity index (χ2v) is 8.49. The van der Waals surface area contributed by atoms with E-state index in [4.69, 9.17) is 0 Å². The summed E-state index contributed by atoms with van der Waals surface area (Å²) in [6, 6.07) is 5.62. The number of aromatic nitrogens is 2. The van der Waals surface area contributed by atoms with Crippen LogP contribution >= 0.6 is 11.3 Å². The zero-order valence-electron chi connectivity index (χ0n) is 16.7. The molecule has 1 amide bonds. The second-order valence-electron chi connectivity index (χ2n) is 7.47. The fourth-order valence-electron chi connectivity index (χ4n) is 3.17. The van der Waals surface area contributed by atoms with Gasteiger partial charge in [-0.3, -0.25) is 14.6 Å². The van der Waals surface area contributed by atoms with Crippen LogP contribution in [0.3, 0.4) is 0 Å². The van der Waals surface area contributed by atoms with Gasteiger partial charge in [-0.2, -0.15) is 0 Å². The number of aliphatic carboxylic acids is 1. The van der Waals surface area contributed by atoms with Gasteiger partial charge in [0, 0.05) is 5.69 Å². The Morgan fingerprint density at radius 1 is 1.17 bits per heavy atom. The second kappa shape index (κ2) is 7.00. The molecule has 2 aromatic heterocycles. The molecule has 9 heteroatoms. The number of nitrogens with zero attached hydrogens (tertiary/aromatic N) is 1. The summed E-state index contributed by atoms with van der Waals surface area (Å²) in [6.07, 6.45) is 0. The Labute approximate surface area is 169 Å². The molecule has 0 saturated carbocycles. The van der Waals surface area contributed by atoms with Crippen LogP contribution in [0.5, 0.6) is 0 Å². The Bertz CT molecular complexity index is 1280. The molecular weight excluding hydrogens is 394 g/mol. The van der Waals surface area contributed by atoms with Crippen molar-refractivity contribution in [3.8, 4) is 0 Å². The van der Waals surface area contributed by atoms with E-state index < -0.39 is 28.7 Å². The molecule has 0 saturated heterocycles. The summed E-state index contributed by atoms with van der Waals surface area (Å²) in [7, 11) is 0. The van der Waals surface area contributed by atoms with Crippen LogP contribution < -0.4 is 16.6 Å². The molecule has 0 fully saturated rings. The van der Waals surface area contributed by atoms with Crippen molar-refractivity contribution in [3.63, 3.8) is 0 Å². The standard InChI is InChI=1S/C20H21N3O5S/c1-9-6-7-12(10(2)8-9)21-15(24)14-11(3)13-16(29-14)22-19(28)23(17(13)25)20(4,5)18(26)27/h6-8H,1-5H3,(H,21,24)(H,22,28)(H,26,27). The Kier molecular flexibility index (Phi) is 4.96. The number of carbonyl (C=O) groups excluding carboxylic acids is 1. The Morgan fingerprint density at radius 2 is 1.83 bits per heavy atom. The lowest BCUT2D eigenvalue weighted by molar-refractivity contribution is -0.146. The fourth-order valence-corrected chi connectivity index (χ4v) is 4.25. The van der Waals surface area contributed by atoms with Gasteiger partial charge < -0.3 is 10.4 Å². The zero-order chi connectivity index (χ0) is 21.7. The van der Waals surface area contributed by atoms with E-state index in [0.29, 0.717) is 15.8 Å². The third-order valence-corrected chi connectivity index (χ3v) is 6.11. The molecule has 3 rings (SSSR count). The molecule has 8 nitrogen and oxygen atoms in total. The lowest BCUT2D eigenvalue weighted by Crippen LogP contribution is -2.50. The highest BCUT2D eigenvalue weighted by molar-refractivity contribution is 7.20. The van der Waals surface area contributed by atoms with E-state index in [-0.39, 0.29) is 15.1 Å². The first-order chi connectivity index (χ1) is 13.4. The monoisotopic (exact) mass is 415 g/mol. The number of fused-ring (bicyclic) bond motifs is 1. The van der Waals surface area contributed by atoms with E-state index in [0.717, 1.165) is 22.5 Å². The molecule has 3 aromatic rings. The summed E-state index contributed by atoms with van der Waals surface area (Å²) < 4.78 is 0.670. The number of aromatic amines is 1. The maximum Gasteiger partial charge on any atom is 0.330 e. The number of aryl methyl sites for hydroxylation is 3. The molecule has 0 aliphatic rings. The lowest BCUT2D eigenvalue weighted by Gasteiger charge is -2.21. The van der Waals surface area contributed by atoms with E-state index in [1.165, 1.54) is 13.8 Å². The zero-order valence-corrected chi connectivity index (χ0v) is 17.5. The van der Waals surface area contributed by atoms with Crippen LogP contribution in [-0.4, -0.2) is 26.5 Å². The van der Waals surface area contributed by atoms with E-state index in [2.05, 4.69) is 10.3 Å².